The van der Waals surface area contributed by atoms with Crippen LogP contribution in [0.15, 0.2) is 0 Å². The first-order chi connectivity index (χ1) is 6.75. The third-order valence-electron chi connectivity index (χ3n) is 3.52. The third kappa shape index (κ3) is 2.47. The molecule has 2 saturated heterocycles. The van der Waals surface area contributed by atoms with Gasteiger partial charge in [0.05, 0.1) is 6.10 Å². The van der Waals surface area contributed by atoms with Crippen molar-refractivity contribution in [2.45, 2.75) is 50.8 Å². The molecule has 3 unspecified atom stereocenters. The summed E-state index contributed by atoms with van der Waals surface area (Å²) < 4.78 is 5.66. The molecule has 0 aromatic heterocycles. The molecule has 3 heteroatoms. The van der Waals surface area contributed by atoms with Gasteiger partial charge in [-0.3, -0.25) is 4.90 Å². The highest BCUT2D eigenvalue weighted by Crippen LogP contribution is 2.20. The van der Waals surface area contributed by atoms with Crippen LogP contribution in [0.2, 0.25) is 0 Å². The SMILES string of the molecule is CC1CC(N)CCN1CC1CCCO1. The quantitative estimate of drug-likeness (QED) is 0.719. The van der Waals surface area contributed by atoms with Gasteiger partial charge in [0, 0.05) is 25.2 Å². The number of hydrogen-bond donors (Lipinski definition) is 1. The molecule has 3 nitrogen and oxygen atoms in total. The van der Waals surface area contributed by atoms with Gasteiger partial charge < -0.3 is 10.5 Å². The average Bonchev–Trinajstić information content (AvgIpc) is 2.62. The van der Waals surface area contributed by atoms with Crippen LogP contribution in [0.1, 0.15) is 32.6 Å². The summed E-state index contributed by atoms with van der Waals surface area (Å²) in [7, 11) is 0. The third-order valence-corrected chi connectivity index (χ3v) is 3.52. The van der Waals surface area contributed by atoms with Gasteiger partial charge >= 0.3 is 0 Å². The van der Waals surface area contributed by atoms with E-state index in [4.69, 9.17) is 10.5 Å². The van der Waals surface area contributed by atoms with Crippen molar-refractivity contribution < 1.29 is 4.74 Å². The molecule has 0 spiro atoms. The monoisotopic (exact) mass is 198 g/mol. The Balaban J connectivity index is 1.79. The normalized spacial score (nSPS) is 40.3. The Morgan fingerprint density at radius 1 is 1.43 bits per heavy atom. The van der Waals surface area contributed by atoms with Crippen LogP contribution in [0.25, 0.3) is 0 Å². The molecule has 2 rings (SSSR count). The minimum absolute atomic E-state index is 0.422. The Kier molecular flexibility index (Phi) is 3.42. The lowest BCUT2D eigenvalue weighted by Crippen LogP contribution is -2.48. The van der Waals surface area contributed by atoms with Crippen LogP contribution in [-0.2, 0) is 4.74 Å². The standard InChI is InChI=1S/C11H22N2O/c1-9-7-10(12)4-5-13(9)8-11-3-2-6-14-11/h9-11H,2-8,12H2,1H3. The molecule has 0 aromatic rings. The summed E-state index contributed by atoms with van der Waals surface area (Å²) >= 11 is 0. The molecule has 2 aliphatic rings. The Bertz CT molecular complexity index is 180. The van der Waals surface area contributed by atoms with Crippen LogP contribution in [-0.4, -0.2) is 42.8 Å². The Labute approximate surface area is 86.6 Å². The number of ether oxygens (including phenoxy) is 1. The van der Waals surface area contributed by atoms with E-state index in [2.05, 4.69) is 11.8 Å². The summed E-state index contributed by atoms with van der Waals surface area (Å²) in [6, 6.07) is 1.06. The van der Waals surface area contributed by atoms with Crippen LogP contribution in [0.5, 0.6) is 0 Å². The fourth-order valence-corrected chi connectivity index (χ4v) is 2.58. The second-order valence-corrected chi connectivity index (χ2v) is 4.76. The maximum Gasteiger partial charge on any atom is 0.0702 e. The van der Waals surface area contributed by atoms with Gasteiger partial charge in [-0.05, 0) is 39.2 Å². The highest BCUT2D eigenvalue weighted by atomic mass is 16.5. The van der Waals surface area contributed by atoms with E-state index in [0.717, 1.165) is 32.5 Å². The minimum Gasteiger partial charge on any atom is -0.377 e. The first kappa shape index (κ1) is 10.4. The lowest BCUT2D eigenvalue weighted by Gasteiger charge is -2.37. The smallest absolute Gasteiger partial charge is 0.0702 e. The predicted molar refractivity (Wildman–Crippen MR) is 57.2 cm³/mol. The fraction of sp³-hybridized carbons (Fsp3) is 1.00. The zero-order chi connectivity index (χ0) is 9.97. The van der Waals surface area contributed by atoms with E-state index >= 15 is 0 Å². The molecule has 0 bridgehead atoms. The van der Waals surface area contributed by atoms with Crippen LogP contribution in [0.4, 0.5) is 0 Å². The Morgan fingerprint density at radius 2 is 2.29 bits per heavy atom. The number of hydrogen-bond acceptors (Lipinski definition) is 3. The van der Waals surface area contributed by atoms with Gasteiger partial charge in [-0.15, -0.1) is 0 Å². The van der Waals surface area contributed by atoms with Gasteiger partial charge in [0.2, 0.25) is 0 Å². The first-order valence-electron chi connectivity index (χ1n) is 5.87. The van der Waals surface area contributed by atoms with Gasteiger partial charge in [0.25, 0.3) is 0 Å². The van der Waals surface area contributed by atoms with Crippen molar-refractivity contribution in [2.75, 3.05) is 19.7 Å². The van der Waals surface area contributed by atoms with E-state index < -0.39 is 0 Å². The molecule has 2 heterocycles. The molecule has 0 radical (unpaired) electrons. The Morgan fingerprint density at radius 3 is 2.93 bits per heavy atom. The molecule has 2 fully saturated rings. The topological polar surface area (TPSA) is 38.5 Å². The van der Waals surface area contributed by atoms with Crippen molar-refractivity contribution in [3.63, 3.8) is 0 Å². The van der Waals surface area contributed by atoms with E-state index in [-0.39, 0.29) is 0 Å². The lowest BCUT2D eigenvalue weighted by atomic mass is 9.98. The maximum absolute atomic E-state index is 5.94. The predicted octanol–water partition coefficient (Wildman–Crippen LogP) is 0.977. The second-order valence-electron chi connectivity index (χ2n) is 4.76. The van der Waals surface area contributed by atoms with Gasteiger partial charge in [-0.25, -0.2) is 0 Å². The van der Waals surface area contributed by atoms with Crippen LogP contribution in [0.3, 0.4) is 0 Å². The second kappa shape index (κ2) is 4.60. The summed E-state index contributed by atoms with van der Waals surface area (Å²) in [6.45, 7) is 5.52. The lowest BCUT2D eigenvalue weighted by molar-refractivity contribution is 0.0453. The van der Waals surface area contributed by atoms with Gasteiger partial charge in [0.15, 0.2) is 0 Å². The number of nitrogens with zero attached hydrogens (tertiary/aromatic N) is 1. The van der Waals surface area contributed by atoms with Gasteiger partial charge in [-0.1, -0.05) is 0 Å². The number of nitrogens with two attached hydrogens (primary N) is 1. The molecule has 0 amide bonds. The molecular weight excluding hydrogens is 176 g/mol. The molecule has 0 aromatic carbocycles. The Hall–Kier alpha value is -0.120. The van der Waals surface area contributed by atoms with Crippen LogP contribution < -0.4 is 5.73 Å². The molecular formula is C11H22N2O. The summed E-state index contributed by atoms with van der Waals surface area (Å²) in [6.07, 6.45) is 5.28. The highest BCUT2D eigenvalue weighted by Gasteiger charge is 2.26. The van der Waals surface area contributed by atoms with Crippen molar-refractivity contribution in [3.8, 4) is 0 Å². The number of likely N-dealkylation sites (tertiary alicyclic amines) is 1. The van der Waals surface area contributed by atoms with Crippen molar-refractivity contribution in [1.29, 1.82) is 0 Å². The number of rotatable bonds is 2. The zero-order valence-corrected chi connectivity index (χ0v) is 9.11. The molecule has 2 N–H and O–H groups in total. The van der Waals surface area contributed by atoms with Crippen molar-refractivity contribution in [2.24, 2.45) is 5.73 Å². The molecule has 0 aliphatic carbocycles. The summed E-state index contributed by atoms with van der Waals surface area (Å²) in [4.78, 5) is 2.54. The fourth-order valence-electron chi connectivity index (χ4n) is 2.58. The largest absolute Gasteiger partial charge is 0.377 e. The summed E-state index contributed by atoms with van der Waals surface area (Å²) in [5.41, 5.74) is 5.94. The van der Waals surface area contributed by atoms with Gasteiger partial charge in [-0.2, -0.15) is 0 Å². The number of piperidine rings is 1. The molecule has 0 saturated carbocycles. The zero-order valence-electron chi connectivity index (χ0n) is 9.11. The first-order valence-corrected chi connectivity index (χ1v) is 5.87. The summed E-state index contributed by atoms with van der Waals surface area (Å²) in [5.74, 6) is 0. The van der Waals surface area contributed by atoms with E-state index in [1.54, 1.807) is 0 Å². The molecule has 3 atom stereocenters. The average molecular weight is 198 g/mol. The van der Waals surface area contributed by atoms with E-state index in [1.165, 1.54) is 12.8 Å². The van der Waals surface area contributed by atoms with E-state index in [0.29, 0.717) is 18.2 Å². The molecule has 82 valence electrons. The maximum atomic E-state index is 5.94. The van der Waals surface area contributed by atoms with Crippen LogP contribution >= 0.6 is 0 Å². The van der Waals surface area contributed by atoms with Crippen molar-refractivity contribution >= 4 is 0 Å². The van der Waals surface area contributed by atoms with E-state index in [9.17, 15) is 0 Å². The summed E-state index contributed by atoms with van der Waals surface area (Å²) in [5, 5.41) is 0. The van der Waals surface area contributed by atoms with Crippen LogP contribution in [0, 0.1) is 0 Å². The molecule has 14 heavy (non-hydrogen) atoms. The van der Waals surface area contributed by atoms with E-state index in [1.807, 2.05) is 0 Å². The molecule has 2 aliphatic heterocycles. The van der Waals surface area contributed by atoms with Crippen molar-refractivity contribution in [3.05, 3.63) is 0 Å². The highest BCUT2D eigenvalue weighted by molar-refractivity contribution is 4.83. The van der Waals surface area contributed by atoms with Gasteiger partial charge in [0.1, 0.15) is 0 Å². The minimum atomic E-state index is 0.422. The van der Waals surface area contributed by atoms with Crippen molar-refractivity contribution in [1.82, 2.24) is 4.90 Å².